The number of carbonyl (C=O) groups excluding carboxylic acids is 2. The lowest BCUT2D eigenvalue weighted by molar-refractivity contribution is -0.121. The third kappa shape index (κ3) is 4.52. The van der Waals surface area contributed by atoms with Crippen molar-refractivity contribution in [1.82, 2.24) is 9.88 Å². The number of halogens is 1. The summed E-state index contributed by atoms with van der Waals surface area (Å²) in [6.07, 6.45) is 1.69. The number of thiocarbonyl (C=S) groups is 1. The molecule has 0 bridgehead atoms. The average Bonchev–Trinajstić information content (AvgIpc) is 3.15. The monoisotopic (exact) mass is 449 g/mol. The van der Waals surface area contributed by atoms with Gasteiger partial charge in [-0.25, -0.2) is 4.98 Å². The zero-order valence-corrected chi connectivity index (χ0v) is 18.3. The Labute approximate surface area is 181 Å². The van der Waals surface area contributed by atoms with Crippen LogP contribution in [0.2, 0.25) is 5.02 Å². The largest absolute Gasteiger partial charge is 0.289 e. The van der Waals surface area contributed by atoms with Crippen LogP contribution in [-0.4, -0.2) is 32.6 Å². The van der Waals surface area contributed by atoms with Crippen LogP contribution in [0.4, 0.5) is 10.8 Å². The third-order valence-electron chi connectivity index (χ3n) is 3.66. The highest BCUT2D eigenvalue weighted by Gasteiger charge is 2.32. The Kier molecular flexibility index (Phi) is 6.34. The molecule has 1 saturated heterocycles. The minimum atomic E-state index is -0.184. The summed E-state index contributed by atoms with van der Waals surface area (Å²) in [5.41, 5.74) is 2.07. The molecule has 2 amide bonds. The van der Waals surface area contributed by atoms with E-state index in [0.717, 1.165) is 5.57 Å². The lowest BCUT2D eigenvalue weighted by atomic mass is 10.3. The summed E-state index contributed by atoms with van der Waals surface area (Å²) in [5.74, 6) is -0.346. The van der Waals surface area contributed by atoms with Gasteiger partial charge in [-0.2, -0.15) is 0 Å². The number of anilines is 2. The summed E-state index contributed by atoms with van der Waals surface area (Å²) in [6, 6.07) is 7.00. The maximum absolute atomic E-state index is 12.6. The summed E-state index contributed by atoms with van der Waals surface area (Å²) >= 11 is 13.9. The highest BCUT2D eigenvalue weighted by Crippen LogP contribution is 2.35. The number of aromatic nitrogens is 1. The van der Waals surface area contributed by atoms with E-state index in [0.29, 0.717) is 37.3 Å². The quantitative estimate of drug-likeness (QED) is 0.354. The summed E-state index contributed by atoms with van der Waals surface area (Å²) in [4.78, 5) is 32.8. The Morgan fingerprint density at radius 2 is 2.18 bits per heavy atom. The van der Waals surface area contributed by atoms with Crippen LogP contribution in [0.15, 0.2) is 46.7 Å². The van der Waals surface area contributed by atoms with Crippen LogP contribution in [0.3, 0.4) is 0 Å². The summed E-state index contributed by atoms with van der Waals surface area (Å²) in [6.45, 7) is 7.54. The van der Waals surface area contributed by atoms with Crippen LogP contribution in [-0.2, 0) is 9.59 Å². The lowest BCUT2D eigenvalue weighted by Crippen LogP contribution is -2.29. The van der Waals surface area contributed by atoms with Crippen LogP contribution in [0.1, 0.15) is 19.5 Å². The highest BCUT2D eigenvalue weighted by atomic mass is 35.5. The van der Waals surface area contributed by atoms with E-state index in [1.807, 2.05) is 6.92 Å². The number of thioether (sulfide) groups is 1. The van der Waals surface area contributed by atoms with Crippen molar-refractivity contribution in [1.29, 1.82) is 0 Å². The van der Waals surface area contributed by atoms with Gasteiger partial charge >= 0.3 is 0 Å². The molecule has 3 rings (SSSR count). The number of carbonyl (C=O) groups is 2. The SMILES string of the molecule is C=C(C)CN1C(=O)/C(=C/c2csc(N(C(C)=O)c3cccc(Cl)c3)n2)SC1=S. The fourth-order valence-corrected chi connectivity index (χ4v) is 4.80. The second-order valence-corrected chi connectivity index (χ2v) is 9.06. The minimum Gasteiger partial charge on any atom is -0.289 e. The minimum absolute atomic E-state index is 0.161. The van der Waals surface area contributed by atoms with Crippen molar-refractivity contribution in [3.63, 3.8) is 0 Å². The van der Waals surface area contributed by atoms with Gasteiger partial charge in [0.05, 0.1) is 16.3 Å². The standard InChI is InChI=1S/C19H16ClN3O2S3/c1-11(2)9-22-17(25)16(28-19(22)26)8-14-10-27-18(21-14)23(12(3)24)15-6-4-5-13(20)7-15/h4-8,10H,1,9H2,2-3H3/b16-8-. The Morgan fingerprint density at radius 1 is 1.43 bits per heavy atom. The van der Waals surface area contributed by atoms with Gasteiger partial charge in [0.15, 0.2) is 5.13 Å². The van der Waals surface area contributed by atoms with Gasteiger partial charge in [0.1, 0.15) is 4.32 Å². The molecular formula is C19H16ClN3O2S3. The first kappa shape index (κ1) is 20.7. The topological polar surface area (TPSA) is 53.5 Å². The van der Waals surface area contributed by atoms with Gasteiger partial charge in [0, 0.05) is 23.9 Å². The van der Waals surface area contributed by atoms with Gasteiger partial charge in [-0.1, -0.05) is 53.8 Å². The molecule has 1 aromatic carbocycles. The van der Waals surface area contributed by atoms with Crippen LogP contribution < -0.4 is 4.90 Å². The van der Waals surface area contributed by atoms with Crippen molar-refractivity contribution in [3.05, 3.63) is 57.4 Å². The summed E-state index contributed by atoms with van der Waals surface area (Å²) in [7, 11) is 0. The van der Waals surface area contributed by atoms with Crippen molar-refractivity contribution in [2.45, 2.75) is 13.8 Å². The fourth-order valence-electron chi connectivity index (χ4n) is 2.53. The predicted molar refractivity (Wildman–Crippen MR) is 121 cm³/mol. The molecule has 28 heavy (non-hydrogen) atoms. The van der Waals surface area contributed by atoms with E-state index in [1.165, 1.54) is 39.8 Å². The van der Waals surface area contributed by atoms with Crippen molar-refractivity contribution in [2.24, 2.45) is 0 Å². The van der Waals surface area contributed by atoms with Crippen molar-refractivity contribution in [3.8, 4) is 0 Å². The molecule has 9 heteroatoms. The van der Waals surface area contributed by atoms with Gasteiger partial charge < -0.3 is 0 Å². The fraction of sp³-hybridized carbons (Fsp3) is 0.158. The molecule has 0 N–H and O–H groups in total. The number of benzene rings is 1. The zero-order chi connectivity index (χ0) is 20.4. The van der Waals surface area contributed by atoms with Gasteiger partial charge in [-0.3, -0.25) is 19.4 Å². The number of nitrogens with zero attached hydrogens (tertiary/aromatic N) is 3. The smallest absolute Gasteiger partial charge is 0.266 e. The molecule has 0 unspecified atom stereocenters. The maximum atomic E-state index is 12.6. The normalized spacial score (nSPS) is 15.4. The van der Waals surface area contributed by atoms with E-state index >= 15 is 0 Å². The third-order valence-corrected chi connectivity index (χ3v) is 6.12. The predicted octanol–water partition coefficient (Wildman–Crippen LogP) is 5.26. The molecule has 1 aliphatic rings. The van der Waals surface area contributed by atoms with Crippen LogP contribution >= 0.6 is 46.9 Å². The first-order valence-corrected chi connectivity index (χ1v) is 10.7. The van der Waals surface area contributed by atoms with E-state index in [-0.39, 0.29) is 11.8 Å². The Hall–Kier alpha value is -2.00. The van der Waals surface area contributed by atoms with E-state index in [1.54, 1.807) is 35.7 Å². The summed E-state index contributed by atoms with van der Waals surface area (Å²) < 4.78 is 0.499. The van der Waals surface area contributed by atoms with Crippen molar-refractivity contribution in [2.75, 3.05) is 11.4 Å². The molecule has 0 aliphatic carbocycles. The molecule has 144 valence electrons. The van der Waals surface area contributed by atoms with Gasteiger partial charge in [0.25, 0.3) is 5.91 Å². The lowest BCUT2D eigenvalue weighted by Gasteiger charge is -2.18. The highest BCUT2D eigenvalue weighted by molar-refractivity contribution is 8.26. The number of amides is 2. The first-order chi connectivity index (χ1) is 13.3. The second-order valence-electron chi connectivity index (χ2n) is 6.11. The summed E-state index contributed by atoms with van der Waals surface area (Å²) in [5, 5.41) is 2.82. The number of thiazole rings is 1. The molecular weight excluding hydrogens is 434 g/mol. The Morgan fingerprint density at radius 3 is 2.82 bits per heavy atom. The molecule has 1 aromatic heterocycles. The zero-order valence-electron chi connectivity index (χ0n) is 15.1. The molecule has 0 spiro atoms. The van der Waals surface area contributed by atoms with Crippen molar-refractivity contribution >= 4 is 79.9 Å². The molecule has 2 aromatic rings. The van der Waals surface area contributed by atoms with Gasteiger partial charge in [-0.15, -0.1) is 11.3 Å². The molecule has 0 saturated carbocycles. The first-order valence-electron chi connectivity index (χ1n) is 8.18. The second kappa shape index (κ2) is 8.57. The molecule has 0 atom stereocenters. The molecule has 1 fully saturated rings. The van der Waals surface area contributed by atoms with Crippen molar-refractivity contribution < 1.29 is 9.59 Å². The Balaban J connectivity index is 1.88. The van der Waals surface area contributed by atoms with E-state index < -0.39 is 0 Å². The number of hydrogen-bond donors (Lipinski definition) is 0. The molecule has 5 nitrogen and oxygen atoms in total. The number of rotatable bonds is 5. The Bertz CT molecular complexity index is 1020. The molecule has 0 radical (unpaired) electrons. The van der Waals surface area contributed by atoms with E-state index in [2.05, 4.69) is 11.6 Å². The number of hydrogen-bond acceptors (Lipinski definition) is 6. The maximum Gasteiger partial charge on any atom is 0.266 e. The average molecular weight is 450 g/mol. The van der Waals surface area contributed by atoms with Crippen LogP contribution in [0.25, 0.3) is 6.08 Å². The van der Waals surface area contributed by atoms with Gasteiger partial charge in [0.2, 0.25) is 5.91 Å². The van der Waals surface area contributed by atoms with Crippen LogP contribution in [0.5, 0.6) is 0 Å². The van der Waals surface area contributed by atoms with E-state index in [4.69, 9.17) is 23.8 Å². The van der Waals surface area contributed by atoms with Crippen LogP contribution in [0, 0.1) is 0 Å². The van der Waals surface area contributed by atoms with Gasteiger partial charge in [-0.05, 0) is 31.2 Å². The van der Waals surface area contributed by atoms with E-state index in [9.17, 15) is 9.59 Å². The molecule has 2 heterocycles. The molecule has 1 aliphatic heterocycles.